The van der Waals surface area contributed by atoms with Crippen molar-refractivity contribution in [1.29, 1.82) is 0 Å². The van der Waals surface area contributed by atoms with Crippen molar-refractivity contribution in [2.45, 2.75) is 47.7 Å². The summed E-state index contributed by atoms with van der Waals surface area (Å²) < 4.78 is 5.87. The number of ether oxygens (including phenoxy) is 1. The Labute approximate surface area is 206 Å². The maximum absolute atomic E-state index is 13.3. The van der Waals surface area contributed by atoms with Gasteiger partial charge in [-0.3, -0.25) is 9.69 Å². The smallest absolute Gasteiger partial charge is 0.327 e. The molecule has 2 aliphatic heterocycles. The van der Waals surface area contributed by atoms with Crippen LogP contribution in [-0.2, 0) is 4.79 Å². The van der Waals surface area contributed by atoms with E-state index in [4.69, 9.17) is 4.74 Å². The summed E-state index contributed by atoms with van der Waals surface area (Å²) >= 11 is 1.35. The number of para-hydroxylation sites is 1. The highest BCUT2D eigenvalue weighted by molar-refractivity contribution is 8.01. The number of thioether (sulfide) groups is 1. The number of carbonyl (C=O) groups is 2. The lowest BCUT2D eigenvalue weighted by Gasteiger charge is -2.34. The summed E-state index contributed by atoms with van der Waals surface area (Å²) in [7, 11) is 0. The fourth-order valence-corrected chi connectivity index (χ4v) is 6.18. The normalized spacial score (nSPS) is 24.6. The van der Waals surface area contributed by atoms with Gasteiger partial charge in [-0.25, -0.2) is 9.78 Å². The van der Waals surface area contributed by atoms with Crippen LogP contribution in [-0.4, -0.2) is 39.4 Å². The molecule has 0 saturated heterocycles. The van der Waals surface area contributed by atoms with Crippen LogP contribution in [0, 0.1) is 0 Å². The number of aromatic nitrogens is 1. The van der Waals surface area contributed by atoms with Crippen LogP contribution in [0.1, 0.15) is 30.9 Å². The summed E-state index contributed by atoms with van der Waals surface area (Å²) in [5.74, 6) is 1.21. The number of hydrogen-bond acceptors (Lipinski definition) is 6. The van der Waals surface area contributed by atoms with E-state index >= 15 is 0 Å². The van der Waals surface area contributed by atoms with E-state index in [1.54, 1.807) is 17.2 Å². The average molecular weight is 489 g/mol. The van der Waals surface area contributed by atoms with Gasteiger partial charge >= 0.3 is 6.03 Å². The lowest BCUT2D eigenvalue weighted by atomic mass is 9.99. The topological polar surface area (TPSA) is 104 Å². The van der Waals surface area contributed by atoms with Gasteiger partial charge in [0.2, 0.25) is 5.91 Å². The molecule has 0 spiro atoms. The van der Waals surface area contributed by atoms with Gasteiger partial charge < -0.3 is 20.5 Å². The number of rotatable bonds is 5. The number of nitrogens with one attached hydrogen (secondary N) is 2. The second-order valence-electron chi connectivity index (χ2n) is 8.87. The molecule has 6 rings (SSSR count). The zero-order valence-corrected chi connectivity index (χ0v) is 19.6. The third-order valence-corrected chi connectivity index (χ3v) is 7.93. The van der Waals surface area contributed by atoms with Crippen molar-refractivity contribution in [3.05, 3.63) is 72.4 Å². The molecule has 2 aromatic carbocycles. The zero-order chi connectivity index (χ0) is 23.9. The minimum absolute atomic E-state index is 0.189. The van der Waals surface area contributed by atoms with Gasteiger partial charge in [0.25, 0.3) is 0 Å². The van der Waals surface area contributed by atoms with Crippen LogP contribution in [0.2, 0.25) is 0 Å². The van der Waals surface area contributed by atoms with Crippen molar-refractivity contribution >= 4 is 35.1 Å². The first kappa shape index (κ1) is 21.9. The fraction of sp³-hybridized carbons (Fsp3) is 0.269. The Morgan fingerprint density at radius 1 is 1.09 bits per heavy atom. The molecule has 4 atom stereocenters. The minimum atomic E-state index is -0.542. The molecule has 1 fully saturated rings. The number of aliphatic hydroxyl groups excluding tert-OH is 1. The van der Waals surface area contributed by atoms with Crippen molar-refractivity contribution < 1.29 is 19.4 Å². The standard InChI is InChI=1S/C26H24N4O4S/c31-20-8-4-7-18(20)28-24(32)23-22-21-19(13-14-27-25(21)35-23)30(26(33)29-22)15-9-11-17(12-10-15)34-16-5-2-1-3-6-16/h1-3,5-6,9-14,18,20,22-23,31H,4,7-8H2,(H,28,32)(H,29,33)/t18-,20+,22?,23?/m1/s1. The highest BCUT2D eigenvalue weighted by atomic mass is 32.2. The lowest BCUT2D eigenvalue weighted by Crippen LogP contribution is -2.51. The molecule has 0 radical (unpaired) electrons. The van der Waals surface area contributed by atoms with Gasteiger partial charge in [0.1, 0.15) is 21.8 Å². The van der Waals surface area contributed by atoms with E-state index in [1.165, 1.54) is 11.8 Å². The van der Waals surface area contributed by atoms with E-state index in [2.05, 4.69) is 15.6 Å². The predicted octanol–water partition coefficient (Wildman–Crippen LogP) is 4.28. The van der Waals surface area contributed by atoms with Gasteiger partial charge in [-0.05, 0) is 61.7 Å². The molecule has 2 unspecified atom stereocenters. The lowest BCUT2D eigenvalue weighted by molar-refractivity contribution is -0.122. The quantitative estimate of drug-likeness (QED) is 0.495. The van der Waals surface area contributed by atoms with E-state index in [-0.39, 0.29) is 18.0 Å². The predicted molar refractivity (Wildman–Crippen MR) is 132 cm³/mol. The Morgan fingerprint density at radius 3 is 2.60 bits per heavy atom. The molecule has 3 N–H and O–H groups in total. The molecule has 1 aliphatic carbocycles. The molecular weight excluding hydrogens is 464 g/mol. The summed E-state index contributed by atoms with van der Waals surface area (Å²) in [5.41, 5.74) is 2.24. The maximum atomic E-state index is 13.3. The second-order valence-corrected chi connectivity index (χ2v) is 10.0. The Hall–Kier alpha value is -3.56. The molecule has 8 nitrogen and oxygen atoms in total. The second kappa shape index (κ2) is 8.90. The Kier molecular flexibility index (Phi) is 5.58. The van der Waals surface area contributed by atoms with Crippen LogP contribution >= 0.6 is 11.8 Å². The Bertz CT molecular complexity index is 1270. The van der Waals surface area contributed by atoms with Crippen LogP contribution in [0.15, 0.2) is 71.9 Å². The molecule has 1 aromatic heterocycles. The molecule has 3 amide bonds. The first-order valence-corrected chi connectivity index (χ1v) is 12.5. The summed E-state index contributed by atoms with van der Waals surface area (Å²) in [6.45, 7) is 0. The van der Waals surface area contributed by atoms with Crippen LogP contribution in [0.5, 0.6) is 11.5 Å². The number of aliphatic hydroxyl groups is 1. The van der Waals surface area contributed by atoms with E-state index in [0.29, 0.717) is 23.5 Å². The van der Waals surface area contributed by atoms with E-state index in [1.807, 2.05) is 54.6 Å². The molecule has 1 saturated carbocycles. The molecule has 3 heterocycles. The summed E-state index contributed by atoms with van der Waals surface area (Å²) in [5, 5.41) is 16.3. The van der Waals surface area contributed by atoms with Gasteiger partial charge in [0.05, 0.1) is 29.6 Å². The molecule has 3 aromatic rings. The van der Waals surface area contributed by atoms with Crippen molar-refractivity contribution in [2.24, 2.45) is 0 Å². The highest BCUT2D eigenvalue weighted by Gasteiger charge is 2.47. The molecule has 35 heavy (non-hydrogen) atoms. The number of hydrogen-bond donors (Lipinski definition) is 3. The number of pyridine rings is 1. The molecular formula is C26H24N4O4S. The van der Waals surface area contributed by atoms with Crippen molar-refractivity contribution in [1.82, 2.24) is 15.6 Å². The summed E-state index contributed by atoms with van der Waals surface area (Å²) in [6.07, 6.45) is 3.48. The first-order valence-electron chi connectivity index (χ1n) is 11.7. The van der Waals surface area contributed by atoms with Gasteiger partial charge in [-0.15, -0.1) is 0 Å². The number of nitrogens with zero attached hydrogens (tertiary/aromatic N) is 2. The number of amides is 3. The molecule has 3 aliphatic rings. The summed E-state index contributed by atoms with van der Waals surface area (Å²) in [6, 6.07) is 17.6. The number of carbonyl (C=O) groups excluding carboxylic acids is 2. The largest absolute Gasteiger partial charge is 0.457 e. The summed E-state index contributed by atoms with van der Waals surface area (Å²) in [4.78, 5) is 32.5. The van der Waals surface area contributed by atoms with Crippen molar-refractivity contribution in [3.8, 4) is 11.5 Å². The maximum Gasteiger partial charge on any atom is 0.327 e. The zero-order valence-electron chi connectivity index (χ0n) is 18.8. The van der Waals surface area contributed by atoms with Gasteiger partial charge in [0.15, 0.2) is 0 Å². The van der Waals surface area contributed by atoms with Crippen LogP contribution in [0.25, 0.3) is 0 Å². The van der Waals surface area contributed by atoms with Crippen molar-refractivity contribution in [2.75, 3.05) is 4.90 Å². The first-order chi connectivity index (χ1) is 17.1. The van der Waals surface area contributed by atoms with Crippen LogP contribution in [0.3, 0.4) is 0 Å². The van der Waals surface area contributed by atoms with Crippen molar-refractivity contribution in [3.63, 3.8) is 0 Å². The van der Waals surface area contributed by atoms with E-state index in [9.17, 15) is 14.7 Å². The molecule has 0 bridgehead atoms. The monoisotopic (exact) mass is 488 g/mol. The van der Waals surface area contributed by atoms with Gasteiger partial charge in [0, 0.05) is 11.8 Å². The van der Waals surface area contributed by atoms with Crippen LogP contribution < -0.4 is 20.3 Å². The highest BCUT2D eigenvalue weighted by Crippen LogP contribution is 2.50. The van der Waals surface area contributed by atoms with E-state index in [0.717, 1.165) is 29.2 Å². The SMILES string of the molecule is O=C(N[C@@H]1CCC[C@@H]1O)C1Sc2nccc3c2C1NC(=O)N3c1ccc(Oc2ccccc2)cc1. The fourth-order valence-electron chi connectivity index (χ4n) is 4.94. The molecule has 9 heteroatoms. The third kappa shape index (κ3) is 4.00. The van der Waals surface area contributed by atoms with E-state index < -0.39 is 17.4 Å². The average Bonchev–Trinajstić information content (AvgIpc) is 3.44. The van der Waals surface area contributed by atoms with Crippen LogP contribution in [0.4, 0.5) is 16.2 Å². The van der Waals surface area contributed by atoms with Gasteiger partial charge in [-0.1, -0.05) is 30.0 Å². The number of anilines is 2. The minimum Gasteiger partial charge on any atom is -0.457 e. The van der Waals surface area contributed by atoms with Gasteiger partial charge in [-0.2, -0.15) is 0 Å². The third-order valence-electron chi connectivity index (χ3n) is 6.65. The Morgan fingerprint density at radius 2 is 1.86 bits per heavy atom. The number of urea groups is 1. The Balaban J connectivity index is 1.25. The molecule has 178 valence electrons. The number of benzene rings is 2.